The minimum Gasteiger partial charge on any atom is -0.445 e. The quantitative estimate of drug-likeness (QED) is 0.239. The molecule has 11 nitrogen and oxygen atoms in total. The zero-order chi connectivity index (χ0) is 32.9. The van der Waals surface area contributed by atoms with Crippen molar-refractivity contribution in [2.24, 2.45) is 23.7 Å². The smallest absolute Gasteiger partial charge is 0.407 e. The molecule has 2 saturated carbocycles. The number of nitrogens with zero attached hydrogens (tertiary/aromatic N) is 2. The molecule has 2 aromatic carbocycles. The third kappa shape index (κ3) is 7.13. The number of ether oxygens (including phenoxy) is 3. The second kappa shape index (κ2) is 13.2. The molecule has 3 heterocycles. The van der Waals surface area contributed by atoms with Gasteiger partial charge in [0.25, 0.3) is 0 Å². The third-order valence-electron chi connectivity index (χ3n) is 9.53. The van der Waals surface area contributed by atoms with Crippen LogP contribution in [0.3, 0.4) is 0 Å². The van der Waals surface area contributed by atoms with E-state index in [1.54, 1.807) is 30.3 Å². The average Bonchev–Trinajstić information content (AvgIpc) is 3.49. The van der Waals surface area contributed by atoms with Gasteiger partial charge in [-0.05, 0) is 67.5 Å². The van der Waals surface area contributed by atoms with Gasteiger partial charge in [0.15, 0.2) is 11.4 Å². The Morgan fingerprint density at radius 2 is 1.89 bits per heavy atom. The molecule has 0 radical (unpaired) electrons. The Labute approximate surface area is 277 Å². The number of aliphatic hydroxyl groups is 1. The number of carbonyl (C=O) groups is 1. The summed E-state index contributed by atoms with van der Waals surface area (Å²) in [6.07, 6.45) is 0.539. The molecule has 0 spiro atoms. The van der Waals surface area contributed by atoms with Crippen molar-refractivity contribution in [1.82, 2.24) is 14.6 Å². The number of anilines is 1. The topological polar surface area (TPSA) is 139 Å². The van der Waals surface area contributed by atoms with Crippen LogP contribution in [0.1, 0.15) is 38.7 Å². The molecule has 254 valence electrons. The fraction of sp³-hybridized carbons (Fsp3) is 0.576. The van der Waals surface area contributed by atoms with Crippen LogP contribution in [0.5, 0.6) is 0 Å². The van der Waals surface area contributed by atoms with E-state index in [9.17, 15) is 22.7 Å². The predicted molar refractivity (Wildman–Crippen MR) is 174 cm³/mol. The highest BCUT2D eigenvalue weighted by atomic mass is 32.2. The number of aromatic nitrogens is 1. The van der Waals surface area contributed by atoms with Gasteiger partial charge in [-0.2, -0.15) is 4.31 Å². The van der Waals surface area contributed by atoms with E-state index in [2.05, 4.69) is 15.6 Å². The molecule has 1 aromatic heterocycles. The van der Waals surface area contributed by atoms with Gasteiger partial charge in [0.2, 0.25) is 10.0 Å². The third-order valence-corrected chi connectivity index (χ3v) is 12.3. The van der Waals surface area contributed by atoms with Gasteiger partial charge in [0.05, 0.1) is 40.5 Å². The Morgan fingerprint density at radius 1 is 1.13 bits per heavy atom. The summed E-state index contributed by atoms with van der Waals surface area (Å²) in [5, 5.41) is 18.6. The number of benzene rings is 2. The maximum Gasteiger partial charge on any atom is 0.407 e. The van der Waals surface area contributed by atoms with Crippen LogP contribution in [-0.2, 0) is 30.7 Å². The Morgan fingerprint density at radius 3 is 2.64 bits per heavy atom. The van der Waals surface area contributed by atoms with E-state index in [1.807, 2.05) is 13.8 Å². The predicted octanol–water partition coefficient (Wildman–Crippen LogP) is 4.36. The monoisotopic (exact) mass is 688 g/mol. The lowest BCUT2D eigenvalue weighted by molar-refractivity contribution is -0.169. The highest BCUT2D eigenvalue weighted by Crippen LogP contribution is 2.49. The lowest BCUT2D eigenvalue weighted by atomic mass is 9.98. The molecular weight excluding hydrogens is 648 g/mol. The van der Waals surface area contributed by atoms with Gasteiger partial charge in [0.1, 0.15) is 11.9 Å². The number of halogens is 1. The molecule has 7 atom stereocenters. The lowest BCUT2D eigenvalue weighted by Crippen LogP contribution is -2.52. The molecular formula is C33H41FN4O7S2. The first-order valence-corrected chi connectivity index (χ1v) is 18.6. The van der Waals surface area contributed by atoms with Crippen molar-refractivity contribution in [3.8, 4) is 0 Å². The molecule has 14 heteroatoms. The SMILES string of the molecule is CC(C)CN(C[C@@H](O)[C@H](Cc1ccc(F)cc1)NC(=O)O[C@H]1C2COC3OCC1C3C2)S(=O)(=O)c1ccc2nc(NC3CC3)sc2c1. The Bertz CT molecular complexity index is 1700. The van der Waals surface area contributed by atoms with Crippen molar-refractivity contribution in [3.63, 3.8) is 0 Å². The maximum absolute atomic E-state index is 14.1. The van der Waals surface area contributed by atoms with E-state index in [4.69, 9.17) is 14.2 Å². The number of nitrogens with one attached hydrogen (secondary N) is 2. The Hall–Kier alpha value is -2.88. The number of alkyl carbamates (subject to hydrolysis) is 1. The molecule has 2 aliphatic heterocycles. The van der Waals surface area contributed by atoms with Crippen molar-refractivity contribution in [3.05, 3.63) is 53.8 Å². The molecule has 4 unspecified atom stereocenters. The summed E-state index contributed by atoms with van der Waals surface area (Å²) in [4.78, 5) is 18.1. The molecule has 2 aliphatic carbocycles. The highest BCUT2D eigenvalue weighted by Gasteiger charge is 2.56. The van der Waals surface area contributed by atoms with Gasteiger partial charge < -0.3 is 30.0 Å². The number of thiazole rings is 1. The zero-order valence-corrected chi connectivity index (χ0v) is 28.0. The van der Waals surface area contributed by atoms with Gasteiger partial charge in [-0.25, -0.2) is 22.6 Å². The van der Waals surface area contributed by atoms with Crippen LogP contribution in [0.15, 0.2) is 47.4 Å². The van der Waals surface area contributed by atoms with Crippen molar-refractivity contribution in [2.45, 2.75) is 75.0 Å². The van der Waals surface area contributed by atoms with Gasteiger partial charge >= 0.3 is 6.09 Å². The largest absolute Gasteiger partial charge is 0.445 e. The van der Waals surface area contributed by atoms with Crippen LogP contribution >= 0.6 is 11.3 Å². The minimum atomic E-state index is -4.05. The molecule has 3 N–H and O–H groups in total. The molecule has 4 fully saturated rings. The molecule has 2 bridgehead atoms. The van der Waals surface area contributed by atoms with Crippen LogP contribution in [0, 0.1) is 29.5 Å². The van der Waals surface area contributed by atoms with E-state index in [-0.39, 0.29) is 60.5 Å². The average molecular weight is 689 g/mol. The summed E-state index contributed by atoms with van der Waals surface area (Å²) in [5.41, 5.74) is 1.38. The summed E-state index contributed by atoms with van der Waals surface area (Å²) in [6.45, 7) is 4.59. The maximum atomic E-state index is 14.1. The Balaban J connectivity index is 1.10. The fourth-order valence-electron chi connectivity index (χ4n) is 7.01. The number of sulfonamides is 1. The van der Waals surface area contributed by atoms with E-state index in [1.165, 1.54) is 27.8 Å². The molecule has 2 saturated heterocycles. The van der Waals surface area contributed by atoms with Crippen molar-refractivity contribution >= 4 is 42.8 Å². The van der Waals surface area contributed by atoms with Gasteiger partial charge in [-0.3, -0.25) is 0 Å². The number of carbonyl (C=O) groups excluding carboxylic acids is 1. The summed E-state index contributed by atoms with van der Waals surface area (Å²) in [6, 6.07) is 10.1. The highest BCUT2D eigenvalue weighted by molar-refractivity contribution is 7.89. The number of rotatable bonds is 13. The summed E-state index contributed by atoms with van der Waals surface area (Å²) in [7, 11) is -4.05. The number of aliphatic hydroxyl groups excluding tert-OH is 1. The molecule has 7 rings (SSSR count). The first-order valence-electron chi connectivity index (χ1n) is 16.3. The van der Waals surface area contributed by atoms with Crippen molar-refractivity contribution in [2.75, 3.05) is 31.6 Å². The van der Waals surface area contributed by atoms with Crippen LogP contribution in [0.2, 0.25) is 0 Å². The second-order valence-corrected chi connectivity index (χ2v) is 16.6. The number of fused-ring (bicyclic) bond motifs is 2. The summed E-state index contributed by atoms with van der Waals surface area (Å²) >= 11 is 1.41. The zero-order valence-electron chi connectivity index (χ0n) is 26.4. The van der Waals surface area contributed by atoms with Crippen LogP contribution in [-0.4, -0.2) is 85.8 Å². The number of hydrogen-bond acceptors (Lipinski definition) is 10. The lowest BCUT2D eigenvalue weighted by Gasteiger charge is -2.31. The van der Waals surface area contributed by atoms with Gasteiger partial charge in [-0.1, -0.05) is 37.3 Å². The van der Waals surface area contributed by atoms with Gasteiger partial charge in [-0.15, -0.1) is 0 Å². The van der Waals surface area contributed by atoms with Crippen LogP contribution < -0.4 is 10.6 Å². The van der Waals surface area contributed by atoms with Crippen LogP contribution in [0.4, 0.5) is 14.3 Å². The Kier molecular flexibility index (Phi) is 9.17. The van der Waals surface area contributed by atoms with E-state index in [0.29, 0.717) is 30.3 Å². The van der Waals surface area contributed by atoms with E-state index in [0.717, 1.165) is 29.1 Å². The first kappa shape index (κ1) is 32.7. The van der Waals surface area contributed by atoms with E-state index < -0.39 is 34.1 Å². The fourth-order valence-corrected chi connectivity index (χ4v) is 9.71. The molecule has 47 heavy (non-hydrogen) atoms. The number of amides is 1. The standard InChI is InChI=1S/C33H41FN4O7S2/c1-18(2)14-38(47(41,42)23-9-10-26-29(13-23)46-32(36-26)35-22-7-8-22)15-28(39)27(11-19-3-5-21(34)6-4-19)37-33(40)45-30-20-12-24-25(30)17-44-31(24)43-16-20/h3-6,9-10,13,18,20,22,24-25,27-28,30-31,39H,7-8,11-12,14-17H2,1-2H3,(H,35,36)(H,37,40)/t20?,24?,25?,27-,28+,30-,31?/m0/s1. The second-order valence-electron chi connectivity index (χ2n) is 13.7. The summed E-state index contributed by atoms with van der Waals surface area (Å²) < 4.78 is 61.4. The minimum absolute atomic E-state index is 0.0434. The molecule has 1 amide bonds. The first-order chi connectivity index (χ1) is 22.5. The number of hydrogen-bond donors (Lipinski definition) is 3. The normalized spacial score (nSPS) is 26.6. The van der Waals surface area contributed by atoms with Gasteiger partial charge in [0, 0.05) is 36.9 Å². The molecule has 3 aromatic rings. The summed E-state index contributed by atoms with van der Waals surface area (Å²) in [5.74, 6) is -0.158. The molecule has 4 aliphatic rings. The van der Waals surface area contributed by atoms with Crippen molar-refractivity contribution in [1.29, 1.82) is 0 Å². The van der Waals surface area contributed by atoms with E-state index >= 15 is 0 Å². The van der Waals surface area contributed by atoms with Crippen molar-refractivity contribution < 1.29 is 36.9 Å². The van der Waals surface area contributed by atoms with Crippen LogP contribution in [0.25, 0.3) is 10.2 Å².